The van der Waals surface area contributed by atoms with Crippen molar-refractivity contribution in [3.63, 3.8) is 0 Å². The monoisotopic (exact) mass is 315 g/mol. The van der Waals surface area contributed by atoms with Crippen LogP contribution in [0, 0.1) is 0 Å². The predicted octanol–water partition coefficient (Wildman–Crippen LogP) is 5.19. The van der Waals surface area contributed by atoms with Gasteiger partial charge in [0.25, 0.3) is 0 Å². The van der Waals surface area contributed by atoms with Crippen LogP contribution in [0.5, 0.6) is 0 Å². The van der Waals surface area contributed by atoms with E-state index in [2.05, 4.69) is 15.3 Å². The topological polar surface area (TPSA) is 37.8 Å². The molecule has 0 spiro atoms. The Kier molecular flexibility index (Phi) is 4.04. The Hall–Kier alpha value is -2.10. The molecule has 3 aromatic rings. The summed E-state index contributed by atoms with van der Waals surface area (Å²) in [5.74, 6) is 1.22. The second-order valence-electron chi connectivity index (χ2n) is 4.40. The van der Waals surface area contributed by atoms with Crippen molar-refractivity contribution in [3.8, 4) is 11.4 Å². The van der Waals surface area contributed by atoms with Crippen LogP contribution in [-0.4, -0.2) is 9.97 Å². The van der Waals surface area contributed by atoms with Gasteiger partial charge in [-0.05, 0) is 24.3 Å². The lowest BCUT2D eigenvalue weighted by atomic mass is 10.2. The van der Waals surface area contributed by atoms with Crippen LogP contribution in [0.2, 0.25) is 10.2 Å². The molecule has 5 heteroatoms. The Morgan fingerprint density at radius 1 is 0.810 bits per heavy atom. The smallest absolute Gasteiger partial charge is 0.163 e. The van der Waals surface area contributed by atoms with Gasteiger partial charge in [-0.2, -0.15) is 0 Å². The van der Waals surface area contributed by atoms with E-state index in [9.17, 15) is 0 Å². The molecule has 0 bridgehead atoms. The van der Waals surface area contributed by atoms with Gasteiger partial charge in [-0.25, -0.2) is 9.97 Å². The maximum Gasteiger partial charge on any atom is 0.163 e. The molecule has 21 heavy (non-hydrogen) atoms. The summed E-state index contributed by atoms with van der Waals surface area (Å²) in [6.45, 7) is 0. The molecule has 1 heterocycles. The van der Waals surface area contributed by atoms with E-state index in [1.165, 1.54) is 0 Å². The normalized spacial score (nSPS) is 10.4. The van der Waals surface area contributed by atoms with Gasteiger partial charge in [0.2, 0.25) is 0 Å². The molecule has 1 N–H and O–H groups in total. The number of nitrogens with one attached hydrogen (secondary N) is 1. The van der Waals surface area contributed by atoms with Gasteiger partial charge >= 0.3 is 0 Å². The largest absolute Gasteiger partial charge is 0.340 e. The molecule has 0 aliphatic rings. The van der Waals surface area contributed by atoms with E-state index < -0.39 is 0 Å². The van der Waals surface area contributed by atoms with Crippen LogP contribution in [0.1, 0.15) is 0 Å². The number of hydrogen-bond donors (Lipinski definition) is 1. The molecule has 0 aliphatic heterocycles. The zero-order valence-electron chi connectivity index (χ0n) is 10.9. The molecule has 0 fully saturated rings. The highest BCUT2D eigenvalue weighted by Gasteiger charge is 2.06. The summed E-state index contributed by atoms with van der Waals surface area (Å²) in [6.07, 6.45) is 0. The highest BCUT2D eigenvalue weighted by molar-refractivity contribution is 6.30. The predicted molar refractivity (Wildman–Crippen MR) is 87.2 cm³/mol. The van der Waals surface area contributed by atoms with E-state index >= 15 is 0 Å². The first kappa shape index (κ1) is 13.9. The third-order valence-electron chi connectivity index (χ3n) is 2.84. The maximum absolute atomic E-state index is 6.08. The SMILES string of the molecule is Clc1ccc(Nc2cc(Cl)nc(-c3ccccc3)n2)cc1. The molecule has 1 aromatic heterocycles. The first-order valence-electron chi connectivity index (χ1n) is 6.33. The average Bonchev–Trinajstić information content (AvgIpc) is 2.50. The van der Waals surface area contributed by atoms with Crippen molar-refractivity contribution in [2.45, 2.75) is 0 Å². The van der Waals surface area contributed by atoms with Crippen molar-refractivity contribution in [2.24, 2.45) is 0 Å². The minimum Gasteiger partial charge on any atom is -0.340 e. The van der Waals surface area contributed by atoms with Gasteiger partial charge in [-0.15, -0.1) is 0 Å². The molecule has 0 unspecified atom stereocenters. The van der Waals surface area contributed by atoms with Gasteiger partial charge in [0.15, 0.2) is 5.82 Å². The fraction of sp³-hybridized carbons (Fsp3) is 0. The standard InChI is InChI=1S/C16H11Cl2N3/c17-12-6-8-13(9-7-12)19-15-10-14(18)20-16(21-15)11-4-2-1-3-5-11/h1-10H,(H,19,20,21). The van der Waals surface area contributed by atoms with Crippen LogP contribution in [0.25, 0.3) is 11.4 Å². The molecule has 3 nitrogen and oxygen atoms in total. The quantitative estimate of drug-likeness (QED) is 0.675. The third kappa shape index (κ3) is 3.51. The second kappa shape index (κ2) is 6.12. The fourth-order valence-corrected chi connectivity index (χ4v) is 2.19. The Morgan fingerprint density at radius 2 is 1.52 bits per heavy atom. The van der Waals surface area contributed by atoms with E-state index in [0.717, 1.165) is 11.3 Å². The van der Waals surface area contributed by atoms with E-state index in [1.54, 1.807) is 6.07 Å². The number of halogens is 2. The van der Waals surface area contributed by atoms with E-state index in [0.29, 0.717) is 21.8 Å². The molecule has 0 atom stereocenters. The van der Waals surface area contributed by atoms with Crippen molar-refractivity contribution in [1.82, 2.24) is 9.97 Å². The summed E-state index contributed by atoms with van der Waals surface area (Å²) >= 11 is 11.9. The molecule has 0 radical (unpaired) electrons. The molecule has 104 valence electrons. The van der Waals surface area contributed by atoms with Crippen LogP contribution in [0.15, 0.2) is 60.7 Å². The summed E-state index contributed by atoms with van der Waals surface area (Å²) < 4.78 is 0. The highest BCUT2D eigenvalue weighted by atomic mass is 35.5. The molecule has 0 aliphatic carbocycles. The van der Waals surface area contributed by atoms with Crippen molar-refractivity contribution in [1.29, 1.82) is 0 Å². The summed E-state index contributed by atoms with van der Waals surface area (Å²) in [6, 6.07) is 18.8. The van der Waals surface area contributed by atoms with Crippen molar-refractivity contribution in [3.05, 3.63) is 70.8 Å². The van der Waals surface area contributed by atoms with Crippen LogP contribution in [0.3, 0.4) is 0 Å². The van der Waals surface area contributed by atoms with Gasteiger partial charge in [-0.1, -0.05) is 53.5 Å². The van der Waals surface area contributed by atoms with Crippen LogP contribution < -0.4 is 5.32 Å². The lowest BCUT2D eigenvalue weighted by Gasteiger charge is -2.08. The van der Waals surface area contributed by atoms with E-state index in [-0.39, 0.29) is 0 Å². The zero-order chi connectivity index (χ0) is 14.7. The molecule has 0 amide bonds. The van der Waals surface area contributed by atoms with Gasteiger partial charge in [-0.3, -0.25) is 0 Å². The summed E-state index contributed by atoms with van der Waals surface area (Å²) in [5.41, 5.74) is 1.80. The number of anilines is 2. The first-order valence-corrected chi connectivity index (χ1v) is 7.09. The fourth-order valence-electron chi connectivity index (χ4n) is 1.88. The lowest BCUT2D eigenvalue weighted by Crippen LogP contribution is -1.97. The number of aromatic nitrogens is 2. The maximum atomic E-state index is 6.08. The Balaban J connectivity index is 1.93. The number of benzene rings is 2. The van der Waals surface area contributed by atoms with Gasteiger partial charge < -0.3 is 5.32 Å². The van der Waals surface area contributed by atoms with E-state index in [1.807, 2.05) is 54.6 Å². The van der Waals surface area contributed by atoms with Crippen LogP contribution >= 0.6 is 23.2 Å². The third-order valence-corrected chi connectivity index (χ3v) is 3.29. The molecular weight excluding hydrogens is 305 g/mol. The van der Waals surface area contributed by atoms with Crippen LogP contribution in [0.4, 0.5) is 11.5 Å². The molecule has 3 rings (SSSR count). The van der Waals surface area contributed by atoms with E-state index in [4.69, 9.17) is 23.2 Å². The second-order valence-corrected chi connectivity index (χ2v) is 5.22. The minimum atomic E-state index is 0.389. The lowest BCUT2D eigenvalue weighted by molar-refractivity contribution is 1.17. The van der Waals surface area contributed by atoms with Crippen molar-refractivity contribution >= 4 is 34.7 Å². The van der Waals surface area contributed by atoms with Crippen molar-refractivity contribution in [2.75, 3.05) is 5.32 Å². The number of nitrogens with zero attached hydrogens (tertiary/aromatic N) is 2. The Labute approximate surface area is 132 Å². The van der Waals surface area contributed by atoms with Gasteiger partial charge in [0.05, 0.1) is 0 Å². The van der Waals surface area contributed by atoms with Crippen LogP contribution in [-0.2, 0) is 0 Å². The van der Waals surface area contributed by atoms with Crippen molar-refractivity contribution < 1.29 is 0 Å². The Morgan fingerprint density at radius 3 is 2.24 bits per heavy atom. The molecular formula is C16H11Cl2N3. The van der Waals surface area contributed by atoms with Gasteiger partial charge in [0.1, 0.15) is 11.0 Å². The highest BCUT2D eigenvalue weighted by Crippen LogP contribution is 2.23. The molecule has 2 aromatic carbocycles. The summed E-state index contributed by atoms with van der Waals surface area (Å²) in [4.78, 5) is 8.73. The average molecular weight is 316 g/mol. The summed E-state index contributed by atoms with van der Waals surface area (Å²) in [7, 11) is 0. The van der Waals surface area contributed by atoms with Gasteiger partial charge in [0, 0.05) is 22.3 Å². The number of hydrogen-bond acceptors (Lipinski definition) is 3. The first-order chi connectivity index (χ1) is 10.2. The Bertz CT molecular complexity index is 743. The molecule has 0 saturated heterocycles. The minimum absolute atomic E-state index is 0.389. The number of rotatable bonds is 3. The molecule has 0 saturated carbocycles. The zero-order valence-corrected chi connectivity index (χ0v) is 12.4. The summed E-state index contributed by atoms with van der Waals surface area (Å²) in [5, 5.41) is 4.26.